The number of benzene rings is 1. The number of likely N-dealkylation sites (tertiary alicyclic amines) is 1. The van der Waals surface area contributed by atoms with Gasteiger partial charge in [0.2, 0.25) is 5.89 Å². The first-order chi connectivity index (χ1) is 11.4. The van der Waals surface area contributed by atoms with Gasteiger partial charge in [0.25, 0.3) is 0 Å². The Kier molecular flexibility index (Phi) is 4.60. The Labute approximate surface area is 141 Å². The number of methoxy groups -OCH3 is 1. The number of aromatic nitrogens is 1. The lowest BCUT2D eigenvalue weighted by atomic mass is 9.95. The third kappa shape index (κ3) is 3.60. The summed E-state index contributed by atoms with van der Waals surface area (Å²) in [6.45, 7) is 5.77. The molecular weight excluding hydrogens is 311 g/mol. The van der Waals surface area contributed by atoms with Crippen LogP contribution in [-0.4, -0.2) is 40.8 Å². The second-order valence-electron chi connectivity index (χ2n) is 6.68. The van der Waals surface area contributed by atoms with Crippen molar-refractivity contribution in [1.29, 1.82) is 0 Å². The van der Waals surface area contributed by atoms with E-state index in [0.717, 1.165) is 25.1 Å². The minimum absolute atomic E-state index is 0.252. The number of oxazole rings is 1. The van der Waals surface area contributed by atoms with E-state index >= 15 is 0 Å². The van der Waals surface area contributed by atoms with Crippen LogP contribution in [0.25, 0.3) is 11.5 Å². The fourth-order valence-corrected chi connectivity index (χ4v) is 3.16. The van der Waals surface area contributed by atoms with Gasteiger partial charge in [-0.15, -0.1) is 0 Å². The molecule has 0 unspecified atom stereocenters. The summed E-state index contributed by atoms with van der Waals surface area (Å²) in [6.07, 6.45) is 1.75. The predicted molar refractivity (Wildman–Crippen MR) is 88.3 cm³/mol. The van der Waals surface area contributed by atoms with Crippen LogP contribution in [0.3, 0.4) is 0 Å². The third-order valence-electron chi connectivity index (χ3n) is 4.42. The summed E-state index contributed by atoms with van der Waals surface area (Å²) in [7, 11) is 1.53. The molecule has 6 heteroatoms. The largest absolute Gasteiger partial charge is 0.497 e. The highest BCUT2D eigenvalue weighted by molar-refractivity contribution is 5.57. The second-order valence-corrected chi connectivity index (χ2v) is 6.68. The summed E-state index contributed by atoms with van der Waals surface area (Å²) < 4.78 is 24.9. The molecule has 1 atom stereocenters. The van der Waals surface area contributed by atoms with Gasteiger partial charge in [0.1, 0.15) is 17.3 Å². The summed E-state index contributed by atoms with van der Waals surface area (Å²) in [6, 6.07) is 4.48. The van der Waals surface area contributed by atoms with Crippen LogP contribution in [0.15, 0.2) is 22.6 Å². The maximum atomic E-state index is 14.1. The van der Waals surface area contributed by atoms with Gasteiger partial charge in [-0.25, -0.2) is 9.37 Å². The molecule has 0 aliphatic carbocycles. The van der Waals surface area contributed by atoms with Gasteiger partial charge >= 0.3 is 0 Å². The monoisotopic (exact) mass is 334 g/mol. The number of aryl methyl sites for hydroxylation is 1. The van der Waals surface area contributed by atoms with E-state index in [-0.39, 0.29) is 11.5 Å². The van der Waals surface area contributed by atoms with Crippen molar-refractivity contribution >= 4 is 0 Å². The molecule has 1 fully saturated rings. The molecular formula is C18H23FN2O3. The highest BCUT2D eigenvalue weighted by Crippen LogP contribution is 2.29. The topological polar surface area (TPSA) is 58.7 Å². The molecule has 5 nitrogen and oxygen atoms in total. The molecule has 2 heterocycles. The average molecular weight is 334 g/mol. The van der Waals surface area contributed by atoms with E-state index in [4.69, 9.17) is 9.15 Å². The molecule has 2 aromatic rings. The van der Waals surface area contributed by atoms with Crippen molar-refractivity contribution in [2.45, 2.75) is 38.8 Å². The van der Waals surface area contributed by atoms with Crippen LogP contribution < -0.4 is 4.74 Å². The fourth-order valence-electron chi connectivity index (χ4n) is 3.16. The van der Waals surface area contributed by atoms with E-state index in [2.05, 4.69) is 9.88 Å². The van der Waals surface area contributed by atoms with Gasteiger partial charge in [-0.05, 0) is 51.4 Å². The number of halogens is 1. The van der Waals surface area contributed by atoms with Crippen LogP contribution in [0.4, 0.5) is 4.39 Å². The van der Waals surface area contributed by atoms with Crippen molar-refractivity contribution in [2.24, 2.45) is 0 Å². The third-order valence-corrected chi connectivity index (χ3v) is 4.42. The number of hydrogen-bond acceptors (Lipinski definition) is 5. The molecule has 1 saturated heterocycles. The highest BCUT2D eigenvalue weighted by atomic mass is 19.1. The van der Waals surface area contributed by atoms with Crippen LogP contribution in [0.5, 0.6) is 5.75 Å². The van der Waals surface area contributed by atoms with Gasteiger partial charge in [-0.1, -0.05) is 0 Å². The molecule has 0 saturated carbocycles. The minimum atomic E-state index is -0.669. The van der Waals surface area contributed by atoms with Crippen LogP contribution in [-0.2, 0) is 6.54 Å². The lowest BCUT2D eigenvalue weighted by molar-refractivity contribution is -0.0185. The Morgan fingerprint density at radius 2 is 2.25 bits per heavy atom. The van der Waals surface area contributed by atoms with Crippen molar-refractivity contribution in [3.8, 4) is 17.2 Å². The van der Waals surface area contributed by atoms with Crippen molar-refractivity contribution < 1.29 is 18.7 Å². The second kappa shape index (κ2) is 6.53. The lowest BCUT2D eigenvalue weighted by Gasteiger charge is -2.36. The van der Waals surface area contributed by atoms with Crippen molar-refractivity contribution in [1.82, 2.24) is 9.88 Å². The zero-order valence-electron chi connectivity index (χ0n) is 14.3. The van der Waals surface area contributed by atoms with E-state index < -0.39 is 11.4 Å². The first kappa shape index (κ1) is 16.9. The molecule has 1 N–H and O–H groups in total. The quantitative estimate of drug-likeness (QED) is 0.931. The molecule has 1 aliphatic heterocycles. The van der Waals surface area contributed by atoms with Crippen LogP contribution in [0.2, 0.25) is 0 Å². The van der Waals surface area contributed by atoms with Crippen molar-refractivity contribution in [2.75, 3.05) is 20.2 Å². The smallest absolute Gasteiger partial charge is 0.229 e. The number of ether oxygens (including phenoxy) is 1. The number of aliphatic hydroxyl groups is 1. The summed E-state index contributed by atoms with van der Waals surface area (Å²) in [4.78, 5) is 6.63. The Hall–Kier alpha value is -1.92. The zero-order valence-corrected chi connectivity index (χ0v) is 14.3. The summed E-state index contributed by atoms with van der Waals surface area (Å²) in [5, 5.41) is 10.2. The summed E-state index contributed by atoms with van der Waals surface area (Å²) in [5.74, 6) is 1.07. The maximum absolute atomic E-state index is 14.1. The molecule has 0 radical (unpaired) electrons. The Morgan fingerprint density at radius 3 is 2.96 bits per heavy atom. The molecule has 1 aliphatic rings. The molecule has 3 rings (SSSR count). The fraction of sp³-hybridized carbons (Fsp3) is 0.500. The zero-order chi connectivity index (χ0) is 17.3. The highest BCUT2D eigenvalue weighted by Gasteiger charge is 2.29. The lowest BCUT2D eigenvalue weighted by Crippen LogP contribution is -2.45. The summed E-state index contributed by atoms with van der Waals surface area (Å²) >= 11 is 0. The predicted octanol–water partition coefficient (Wildman–Crippen LogP) is 3.14. The average Bonchev–Trinajstić information content (AvgIpc) is 2.87. The standard InChI is InChI=1S/C18H23FN2O3/c1-12-16(10-21-8-4-7-18(2,22)11-21)20-17(24-12)14-9-13(23-3)5-6-15(14)19/h5-6,9,22H,4,7-8,10-11H2,1-3H3/t18-/m0/s1. The molecule has 0 spiro atoms. The molecule has 0 bridgehead atoms. The van der Waals surface area contributed by atoms with Crippen molar-refractivity contribution in [3.63, 3.8) is 0 Å². The van der Waals surface area contributed by atoms with Gasteiger partial charge in [-0.3, -0.25) is 4.90 Å². The van der Waals surface area contributed by atoms with Crippen LogP contribution in [0, 0.1) is 12.7 Å². The van der Waals surface area contributed by atoms with E-state index in [9.17, 15) is 9.50 Å². The number of piperidine rings is 1. The SMILES string of the molecule is COc1ccc(F)c(-c2nc(CN3CCC[C@](C)(O)C3)c(C)o2)c1. The number of rotatable bonds is 4. The Balaban J connectivity index is 1.83. The molecule has 1 aromatic carbocycles. The first-order valence-corrected chi connectivity index (χ1v) is 8.13. The minimum Gasteiger partial charge on any atom is -0.497 e. The van der Waals surface area contributed by atoms with Crippen LogP contribution >= 0.6 is 0 Å². The molecule has 130 valence electrons. The first-order valence-electron chi connectivity index (χ1n) is 8.13. The number of hydrogen-bond donors (Lipinski definition) is 1. The van der Waals surface area contributed by atoms with Gasteiger partial charge in [0.05, 0.1) is 24.0 Å². The van der Waals surface area contributed by atoms with Gasteiger partial charge in [0, 0.05) is 13.1 Å². The Morgan fingerprint density at radius 1 is 1.46 bits per heavy atom. The van der Waals surface area contributed by atoms with Crippen LogP contribution in [0.1, 0.15) is 31.2 Å². The molecule has 24 heavy (non-hydrogen) atoms. The maximum Gasteiger partial charge on any atom is 0.229 e. The van der Waals surface area contributed by atoms with E-state index in [1.54, 1.807) is 12.1 Å². The number of nitrogens with zero attached hydrogens (tertiary/aromatic N) is 2. The summed E-state index contributed by atoms with van der Waals surface area (Å²) in [5.41, 5.74) is 0.386. The molecule has 0 amide bonds. The van der Waals surface area contributed by atoms with Gasteiger partial charge < -0.3 is 14.3 Å². The van der Waals surface area contributed by atoms with Gasteiger partial charge in [0.15, 0.2) is 0 Å². The van der Waals surface area contributed by atoms with E-state index in [1.165, 1.54) is 13.2 Å². The van der Waals surface area contributed by atoms with E-state index in [1.807, 2.05) is 13.8 Å². The number of β-amino-alcohol motifs (C(OH)–C–C–N with tert-alkyl or cyclic N) is 1. The normalized spacial score (nSPS) is 21.9. The van der Waals surface area contributed by atoms with E-state index in [0.29, 0.717) is 24.6 Å². The Bertz CT molecular complexity index is 727. The van der Waals surface area contributed by atoms with Gasteiger partial charge in [-0.2, -0.15) is 0 Å². The molecule has 1 aromatic heterocycles. The van der Waals surface area contributed by atoms with Crippen molar-refractivity contribution in [3.05, 3.63) is 35.5 Å².